The summed E-state index contributed by atoms with van der Waals surface area (Å²) in [7, 11) is 0. The number of hydrogen-bond donors (Lipinski definition) is 1. The lowest BCUT2D eigenvalue weighted by Crippen LogP contribution is -2.47. The van der Waals surface area contributed by atoms with Gasteiger partial charge in [0.2, 0.25) is 0 Å². The van der Waals surface area contributed by atoms with E-state index in [1.165, 1.54) is 10.5 Å². The van der Waals surface area contributed by atoms with Gasteiger partial charge in [-0.25, -0.2) is 4.98 Å². The maximum absolute atomic E-state index is 13.5. The number of carbonyl (C=O) groups excluding carboxylic acids is 1. The highest BCUT2D eigenvalue weighted by Crippen LogP contribution is 2.23. The van der Waals surface area contributed by atoms with E-state index in [1.807, 2.05) is 60.7 Å². The molecule has 37 heavy (non-hydrogen) atoms. The second-order valence-electron chi connectivity index (χ2n) is 8.73. The standard InChI is InChI=1S/C29H26N6O2/c30-20-23(28(36)31-21-22-9-3-1-4-10-22)19-25-27(32-26-13-7-8-14-35(26)29(25)37)34-17-15-33(16-18-34)24-11-5-2-6-12-24/h1-14,19H,15-18,21H2,(H,31,36). The van der Waals surface area contributed by atoms with Gasteiger partial charge in [0.25, 0.3) is 11.5 Å². The molecule has 0 atom stereocenters. The minimum atomic E-state index is -0.538. The molecule has 0 aliphatic carbocycles. The number of nitrogens with one attached hydrogen (secondary N) is 1. The van der Waals surface area contributed by atoms with Crippen molar-refractivity contribution < 1.29 is 4.79 Å². The van der Waals surface area contributed by atoms with Gasteiger partial charge < -0.3 is 15.1 Å². The normalized spacial score (nSPS) is 13.9. The zero-order valence-electron chi connectivity index (χ0n) is 20.2. The number of nitriles is 1. The monoisotopic (exact) mass is 490 g/mol. The molecule has 5 rings (SSSR count). The number of rotatable bonds is 6. The van der Waals surface area contributed by atoms with E-state index in [0.29, 0.717) is 24.6 Å². The Hall–Kier alpha value is -4.90. The van der Waals surface area contributed by atoms with Gasteiger partial charge in [-0.15, -0.1) is 0 Å². The summed E-state index contributed by atoms with van der Waals surface area (Å²) >= 11 is 0. The molecule has 1 N–H and O–H groups in total. The number of carbonyl (C=O) groups is 1. The number of para-hydroxylation sites is 1. The van der Waals surface area contributed by atoms with Crippen molar-refractivity contribution in [2.75, 3.05) is 36.0 Å². The Labute approximate surface area is 214 Å². The minimum absolute atomic E-state index is 0.144. The van der Waals surface area contributed by atoms with Gasteiger partial charge in [-0.05, 0) is 35.9 Å². The first-order valence-corrected chi connectivity index (χ1v) is 12.1. The first-order valence-electron chi connectivity index (χ1n) is 12.1. The smallest absolute Gasteiger partial charge is 0.267 e. The topological polar surface area (TPSA) is 93.7 Å². The summed E-state index contributed by atoms with van der Waals surface area (Å²) in [6.07, 6.45) is 3.01. The fourth-order valence-corrected chi connectivity index (χ4v) is 4.44. The van der Waals surface area contributed by atoms with Gasteiger partial charge in [-0.2, -0.15) is 5.26 Å². The molecule has 3 heterocycles. The van der Waals surface area contributed by atoms with Crippen LogP contribution in [0.4, 0.5) is 11.5 Å². The molecule has 8 nitrogen and oxygen atoms in total. The van der Waals surface area contributed by atoms with Crippen molar-refractivity contribution >= 4 is 29.1 Å². The number of amides is 1. The molecule has 0 unspecified atom stereocenters. The quantitative estimate of drug-likeness (QED) is 0.330. The number of anilines is 2. The van der Waals surface area contributed by atoms with Crippen LogP contribution in [0.25, 0.3) is 11.7 Å². The molecule has 8 heteroatoms. The zero-order chi connectivity index (χ0) is 25.6. The number of pyridine rings is 1. The van der Waals surface area contributed by atoms with Crippen LogP contribution < -0.4 is 20.7 Å². The van der Waals surface area contributed by atoms with Gasteiger partial charge in [-0.1, -0.05) is 54.6 Å². The van der Waals surface area contributed by atoms with Gasteiger partial charge in [0.15, 0.2) is 0 Å². The molecule has 184 valence electrons. The molecule has 0 saturated carbocycles. The lowest BCUT2D eigenvalue weighted by atomic mass is 10.1. The average Bonchev–Trinajstić information content (AvgIpc) is 2.96. The van der Waals surface area contributed by atoms with Gasteiger partial charge in [0, 0.05) is 44.6 Å². The molecule has 1 aliphatic rings. The molecule has 2 aromatic heterocycles. The second-order valence-corrected chi connectivity index (χ2v) is 8.73. The summed E-state index contributed by atoms with van der Waals surface area (Å²) in [6.45, 7) is 3.08. The third-order valence-electron chi connectivity index (χ3n) is 6.40. The molecule has 0 bridgehead atoms. The Balaban J connectivity index is 1.46. The Morgan fingerprint density at radius 3 is 2.27 bits per heavy atom. The summed E-state index contributed by atoms with van der Waals surface area (Å²) in [5, 5.41) is 12.6. The van der Waals surface area contributed by atoms with E-state index in [-0.39, 0.29) is 23.2 Å². The van der Waals surface area contributed by atoms with E-state index in [4.69, 9.17) is 4.98 Å². The van der Waals surface area contributed by atoms with Crippen LogP contribution in [0, 0.1) is 11.3 Å². The fraction of sp³-hybridized carbons (Fsp3) is 0.172. The van der Waals surface area contributed by atoms with Crippen LogP contribution in [0.15, 0.2) is 95.4 Å². The molecular weight excluding hydrogens is 464 g/mol. The first-order chi connectivity index (χ1) is 18.1. The Morgan fingerprint density at radius 1 is 0.919 bits per heavy atom. The number of nitrogens with zero attached hydrogens (tertiary/aromatic N) is 5. The van der Waals surface area contributed by atoms with Crippen molar-refractivity contribution in [3.05, 3.63) is 112 Å². The Morgan fingerprint density at radius 2 is 1.57 bits per heavy atom. The maximum Gasteiger partial charge on any atom is 0.267 e. The van der Waals surface area contributed by atoms with Crippen molar-refractivity contribution in [2.45, 2.75) is 6.54 Å². The third-order valence-corrected chi connectivity index (χ3v) is 6.40. The lowest BCUT2D eigenvalue weighted by molar-refractivity contribution is -0.117. The SMILES string of the molecule is N#CC(=Cc1c(N2CCN(c3ccccc3)CC2)nc2ccccn2c1=O)C(=O)NCc1ccccc1. The van der Waals surface area contributed by atoms with Crippen LogP contribution in [0.1, 0.15) is 11.1 Å². The summed E-state index contributed by atoms with van der Waals surface area (Å²) in [5.74, 6) is -0.0590. The van der Waals surface area contributed by atoms with E-state index >= 15 is 0 Å². The first kappa shape index (κ1) is 23.8. The number of benzene rings is 2. The van der Waals surface area contributed by atoms with E-state index in [0.717, 1.165) is 24.3 Å². The highest BCUT2D eigenvalue weighted by atomic mass is 16.1. The molecule has 0 radical (unpaired) electrons. The summed E-state index contributed by atoms with van der Waals surface area (Å²) < 4.78 is 1.44. The number of hydrogen-bond acceptors (Lipinski definition) is 6. The molecule has 1 amide bonds. The number of fused-ring (bicyclic) bond motifs is 1. The van der Waals surface area contributed by atoms with E-state index in [2.05, 4.69) is 27.2 Å². The van der Waals surface area contributed by atoms with Gasteiger partial charge in [-0.3, -0.25) is 14.0 Å². The van der Waals surface area contributed by atoms with E-state index in [9.17, 15) is 14.9 Å². The molecule has 1 saturated heterocycles. The predicted molar refractivity (Wildman–Crippen MR) is 144 cm³/mol. The molecule has 1 aliphatic heterocycles. The van der Waals surface area contributed by atoms with Gasteiger partial charge >= 0.3 is 0 Å². The van der Waals surface area contributed by atoms with Crippen LogP contribution in [0.5, 0.6) is 0 Å². The van der Waals surface area contributed by atoms with E-state index < -0.39 is 5.91 Å². The summed E-state index contributed by atoms with van der Waals surface area (Å²) in [5.41, 5.74) is 2.33. The summed E-state index contributed by atoms with van der Waals surface area (Å²) in [4.78, 5) is 35.5. The van der Waals surface area contributed by atoms with Crippen LogP contribution in [0.3, 0.4) is 0 Å². The minimum Gasteiger partial charge on any atom is -0.368 e. The van der Waals surface area contributed by atoms with Crippen molar-refractivity contribution in [1.29, 1.82) is 5.26 Å². The van der Waals surface area contributed by atoms with Crippen LogP contribution >= 0.6 is 0 Å². The van der Waals surface area contributed by atoms with Crippen LogP contribution in [-0.4, -0.2) is 41.5 Å². The Bertz CT molecular complexity index is 1530. The van der Waals surface area contributed by atoms with E-state index in [1.54, 1.807) is 18.3 Å². The molecule has 1 fully saturated rings. The number of piperazine rings is 1. The fourth-order valence-electron chi connectivity index (χ4n) is 4.44. The predicted octanol–water partition coefficient (Wildman–Crippen LogP) is 3.24. The van der Waals surface area contributed by atoms with Crippen molar-refractivity contribution in [1.82, 2.24) is 14.7 Å². The van der Waals surface area contributed by atoms with Crippen molar-refractivity contribution in [3.8, 4) is 6.07 Å². The van der Waals surface area contributed by atoms with Crippen molar-refractivity contribution in [2.24, 2.45) is 0 Å². The largest absolute Gasteiger partial charge is 0.368 e. The highest BCUT2D eigenvalue weighted by molar-refractivity contribution is 6.02. The lowest BCUT2D eigenvalue weighted by Gasteiger charge is -2.37. The molecule has 0 spiro atoms. The molecule has 4 aromatic rings. The summed E-state index contributed by atoms with van der Waals surface area (Å²) in [6, 6.07) is 27.0. The third kappa shape index (κ3) is 5.21. The Kier molecular flexibility index (Phi) is 6.95. The maximum atomic E-state index is 13.5. The van der Waals surface area contributed by atoms with Crippen LogP contribution in [-0.2, 0) is 11.3 Å². The average molecular weight is 491 g/mol. The zero-order valence-corrected chi connectivity index (χ0v) is 20.2. The second kappa shape index (κ2) is 10.8. The number of aromatic nitrogens is 2. The van der Waals surface area contributed by atoms with Gasteiger partial charge in [0.05, 0.1) is 5.56 Å². The van der Waals surface area contributed by atoms with Crippen molar-refractivity contribution in [3.63, 3.8) is 0 Å². The highest BCUT2D eigenvalue weighted by Gasteiger charge is 2.23. The molecule has 2 aromatic carbocycles. The molecular formula is C29H26N6O2. The van der Waals surface area contributed by atoms with Crippen LogP contribution in [0.2, 0.25) is 0 Å². The van der Waals surface area contributed by atoms with Gasteiger partial charge in [0.1, 0.15) is 23.1 Å².